The average molecular weight is 498 g/mol. The van der Waals surface area contributed by atoms with Gasteiger partial charge in [-0.25, -0.2) is 0 Å². The largest absolute Gasteiger partial charge is 0.393 e. The van der Waals surface area contributed by atoms with Gasteiger partial charge in [0.15, 0.2) is 0 Å². The molecule has 0 saturated heterocycles. The lowest BCUT2D eigenvalue weighted by Gasteiger charge is -2.61. The van der Waals surface area contributed by atoms with Gasteiger partial charge in [0.25, 0.3) is 0 Å². The van der Waals surface area contributed by atoms with Gasteiger partial charge >= 0.3 is 0 Å². The van der Waals surface area contributed by atoms with Gasteiger partial charge in [-0.3, -0.25) is 0 Å². The number of rotatable bonds is 5. The standard InChI is InChI=1S/C27H45BrO3/c1-17(7-6-13-24(2,3)30)21-10-11-22-20-9-8-18-15-19(29)16-27(28,31)26(18,5)23(20)12-14-25(21,22)4/h8,17,19-23,29-31H,6-7,9-16H2,1-5H3/t17-,19?,20+,21-,22+,23+,25-,26+,27?/m1/s1. The summed E-state index contributed by atoms with van der Waals surface area (Å²) in [6.45, 7) is 11.1. The van der Waals surface area contributed by atoms with Crippen LogP contribution in [0.5, 0.6) is 0 Å². The molecule has 4 rings (SSSR count). The third-order valence-corrected chi connectivity index (χ3v) is 11.6. The fourth-order valence-corrected chi connectivity index (χ4v) is 9.69. The topological polar surface area (TPSA) is 60.7 Å². The van der Waals surface area contributed by atoms with Gasteiger partial charge in [-0.1, -0.05) is 61.2 Å². The fraction of sp³-hybridized carbons (Fsp3) is 0.926. The Bertz CT molecular complexity index is 710. The SMILES string of the molecule is C[C@H](CCCC(C)(C)O)[C@H]1CC[C@H]2[C@@H]3CC=C4CC(O)CC(O)(Br)[C@]4(C)[C@H]3CC[C@]12C. The van der Waals surface area contributed by atoms with Crippen molar-refractivity contribution >= 4 is 15.9 Å². The lowest BCUT2D eigenvalue weighted by Crippen LogP contribution is -2.59. The van der Waals surface area contributed by atoms with E-state index in [1.54, 1.807) is 0 Å². The predicted molar refractivity (Wildman–Crippen MR) is 130 cm³/mol. The van der Waals surface area contributed by atoms with Gasteiger partial charge in [-0.05, 0) is 93.8 Å². The summed E-state index contributed by atoms with van der Waals surface area (Å²) in [5, 5.41) is 31.9. The van der Waals surface area contributed by atoms with Crippen LogP contribution in [0.15, 0.2) is 11.6 Å². The number of fused-ring (bicyclic) bond motifs is 5. The molecule has 0 aromatic carbocycles. The van der Waals surface area contributed by atoms with Crippen LogP contribution in [0.25, 0.3) is 0 Å². The summed E-state index contributed by atoms with van der Waals surface area (Å²) in [4.78, 5) is 0. The van der Waals surface area contributed by atoms with E-state index in [9.17, 15) is 15.3 Å². The van der Waals surface area contributed by atoms with Crippen LogP contribution in [0.4, 0.5) is 0 Å². The first kappa shape index (κ1) is 24.2. The average Bonchev–Trinajstić information content (AvgIpc) is 2.98. The second kappa shape index (κ2) is 8.10. The number of hydrogen-bond acceptors (Lipinski definition) is 3. The highest BCUT2D eigenvalue weighted by Crippen LogP contribution is 2.69. The molecule has 0 heterocycles. The number of alkyl halides is 1. The Hall–Kier alpha value is 0.100. The molecule has 0 aliphatic heterocycles. The van der Waals surface area contributed by atoms with Crippen molar-refractivity contribution in [2.24, 2.45) is 40.4 Å². The molecule has 3 N–H and O–H groups in total. The van der Waals surface area contributed by atoms with Crippen molar-refractivity contribution in [3.8, 4) is 0 Å². The van der Waals surface area contributed by atoms with Gasteiger partial charge in [-0.15, -0.1) is 0 Å². The number of allylic oxidation sites excluding steroid dienone is 1. The molecule has 0 aromatic rings. The summed E-state index contributed by atoms with van der Waals surface area (Å²) < 4.78 is -1.01. The zero-order valence-electron chi connectivity index (χ0n) is 20.3. The molecule has 9 atom stereocenters. The molecular formula is C27H45BrO3. The number of hydrogen-bond donors (Lipinski definition) is 3. The third kappa shape index (κ3) is 4.00. The van der Waals surface area contributed by atoms with Crippen LogP contribution >= 0.6 is 15.9 Å². The number of halogens is 1. The van der Waals surface area contributed by atoms with Crippen molar-refractivity contribution < 1.29 is 15.3 Å². The molecule has 4 aliphatic carbocycles. The maximum atomic E-state index is 11.4. The van der Waals surface area contributed by atoms with E-state index in [0.29, 0.717) is 29.6 Å². The quantitative estimate of drug-likeness (QED) is 0.313. The first-order valence-electron chi connectivity index (χ1n) is 12.8. The van der Waals surface area contributed by atoms with Crippen LogP contribution in [0.3, 0.4) is 0 Å². The van der Waals surface area contributed by atoms with Crippen LogP contribution in [0.2, 0.25) is 0 Å². The van der Waals surface area contributed by atoms with Crippen molar-refractivity contribution in [1.82, 2.24) is 0 Å². The molecule has 0 bridgehead atoms. The predicted octanol–water partition coefficient (Wildman–Crippen LogP) is 6.20. The molecule has 4 heteroatoms. The lowest BCUT2D eigenvalue weighted by molar-refractivity contribution is -0.120. The Kier molecular flexibility index (Phi) is 6.33. The molecule has 0 spiro atoms. The van der Waals surface area contributed by atoms with Crippen molar-refractivity contribution in [2.75, 3.05) is 0 Å². The van der Waals surface area contributed by atoms with E-state index in [1.807, 2.05) is 13.8 Å². The van der Waals surface area contributed by atoms with Crippen LogP contribution in [0, 0.1) is 40.4 Å². The van der Waals surface area contributed by atoms with E-state index < -0.39 is 16.2 Å². The highest BCUT2D eigenvalue weighted by molar-refractivity contribution is 9.10. The van der Waals surface area contributed by atoms with Gasteiger partial charge in [0.1, 0.15) is 4.51 Å². The Balaban J connectivity index is 1.53. The minimum Gasteiger partial charge on any atom is -0.393 e. The fourth-order valence-electron chi connectivity index (χ4n) is 8.77. The van der Waals surface area contributed by atoms with E-state index in [1.165, 1.54) is 37.7 Å². The summed E-state index contributed by atoms with van der Waals surface area (Å²) in [5.41, 5.74) is 0.856. The van der Waals surface area contributed by atoms with E-state index in [4.69, 9.17) is 0 Å². The molecular weight excluding hydrogens is 452 g/mol. The Morgan fingerprint density at radius 3 is 2.58 bits per heavy atom. The molecule has 0 amide bonds. The highest BCUT2D eigenvalue weighted by Gasteiger charge is 2.64. The summed E-state index contributed by atoms with van der Waals surface area (Å²) in [6.07, 6.45) is 12.5. The first-order chi connectivity index (χ1) is 14.3. The minimum absolute atomic E-state index is 0.271. The van der Waals surface area contributed by atoms with Crippen molar-refractivity contribution in [3.63, 3.8) is 0 Å². The molecule has 3 nitrogen and oxygen atoms in total. The maximum Gasteiger partial charge on any atom is 0.131 e. The maximum absolute atomic E-state index is 11.4. The Morgan fingerprint density at radius 1 is 1.19 bits per heavy atom. The second-order valence-corrected chi connectivity index (χ2v) is 14.1. The molecule has 2 unspecified atom stereocenters. The monoisotopic (exact) mass is 496 g/mol. The zero-order valence-corrected chi connectivity index (χ0v) is 21.9. The molecule has 4 aliphatic rings. The number of aliphatic hydroxyl groups excluding tert-OH is 1. The van der Waals surface area contributed by atoms with Crippen LogP contribution in [0.1, 0.15) is 98.8 Å². The first-order valence-corrected chi connectivity index (χ1v) is 13.6. The molecule has 31 heavy (non-hydrogen) atoms. The second-order valence-electron chi connectivity index (χ2n) is 12.8. The van der Waals surface area contributed by atoms with E-state index in [-0.39, 0.29) is 5.41 Å². The zero-order chi connectivity index (χ0) is 22.8. The summed E-state index contributed by atoms with van der Waals surface area (Å²) >= 11 is 3.69. The molecule has 3 fully saturated rings. The van der Waals surface area contributed by atoms with Gasteiger partial charge < -0.3 is 15.3 Å². The molecule has 0 radical (unpaired) electrons. The normalized spacial score (nSPS) is 48.4. The van der Waals surface area contributed by atoms with E-state index in [0.717, 1.165) is 37.5 Å². The third-order valence-electron chi connectivity index (χ3n) is 10.4. The summed E-state index contributed by atoms with van der Waals surface area (Å²) in [5.74, 6) is 3.34. The Morgan fingerprint density at radius 2 is 1.90 bits per heavy atom. The summed E-state index contributed by atoms with van der Waals surface area (Å²) in [7, 11) is 0. The number of aliphatic hydroxyl groups is 3. The van der Waals surface area contributed by atoms with Crippen molar-refractivity contribution in [3.05, 3.63) is 11.6 Å². The van der Waals surface area contributed by atoms with Crippen LogP contribution < -0.4 is 0 Å². The van der Waals surface area contributed by atoms with Gasteiger partial charge in [0.05, 0.1) is 11.7 Å². The minimum atomic E-state index is -1.01. The van der Waals surface area contributed by atoms with Crippen molar-refractivity contribution in [1.29, 1.82) is 0 Å². The van der Waals surface area contributed by atoms with Gasteiger partial charge in [0.2, 0.25) is 0 Å². The smallest absolute Gasteiger partial charge is 0.131 e. The Labute approximate surface area is 198 Å². The van der Waals surface area contributed by atoms with Crippen LogP contribution in [-0.2, 0) is 0 Å². The molecule has 3 saturated carbocycles. The molecule has 0 aromatic heterocycles. The van der Waals surface area contributed by atoms with Crippen LogP contribution in [-0.4, -0.2) is 31.5 Å². The lowest BCUT2D eigenvalue weighted by atomic mass is 9.46. The summed E-state index contributed by atoms with van der Waals surface area (Å²) in [6, 6.07) is 0. The van der Waals surface area contributed by atoms with Crippen molar-refractivity contribution in [2.45, 2.75) is 115 Å². The highest BCUT2D eigenvalue weighted by atomic mass is 79.9. The van der Waals surface area contributed by atoms with Gasteiger partial charge in [-0.2, -0.15) is 0 Å². The van der Waals surface area contributed by atoms with Gasteiger partial charge in [0, 0.05) is 11.8 Å². The van der Waals surface area contributed by atoms with E-state index in [2.05, 4.69) is 42.8 Å². The van der Waals surface area contributed by atoms with E-state index >= 15 is 0 Å². The molecule has 178 valence electrons.